The van der Waals surface area contributed by atoms with Gasteiger partial charge in [-0.15, -0.1) is 0 Å². The zero-order chi connectivity index (χ0) is 14.7. The predicted octanol–water partition coefficient (Wildman–Crippen LogP) is 2.94. The molecule has 20 heavy (non-hydrogen) atoms. The lowest BCUT2D eigenvalue weighted by Crippen LogP contribution is -2.31. The average molecular weight is 273 g/mol. The Balaban J connectivity index is 1.99. The summed E-state index contributed by atoms with van der Waals surface area (Å²) in [5, 5.41) is 0. The van der Waals surface area contributed by atoms with Crippen molar-refractivity contribution in [1.82, 2.24) is 4.90 Å². The number of ketones is 1. The van der Waals surface area contributed by atoms with Crippen molar-refractivity contribution in [3.05, 3.63) is 35.4 Å². The van der Waals surface area contributed by atoms with Gasteiger partial charge in [0, 0.05) is 18.5 Å². The van der Waals surface area contributed by atoms with E-state index in [0.29, 0.717) is 23.8 Å². The summed E-state index contributed by atoms with van der Waals surface area (Å²) in [6.45, 7) is 7.29. The first-order valence-corrected chi connectivity index (χ1v) is 7.41. The third kappa shape index (κ3) is 3.27. The summed E-state index contributed by atoms with van der Waals surface area (Å²) in [6, 6.07) is 7.69. The number of benzene rings is 1. The molecule has 1 unspecified atom stereocenters. The molecule has 1 saturated heterocycles. The Morgan fingerprint density at radius 3 is 2.45 bits per heavy atom. The van der Waals surface area contributed by atoms with E-state index in [-0.39, 0.29) is 18.2 Å². The van der Waals surface area contributed by atoms with Crippen LogP contribution < -0.4 is 0 Å². The van der Waals surface area contributed by atoms with Gasteiger partial charge in [0.15, 0.2) is 5.78 Å². The van der Waals surface area contributed by atoms with Gasteiger partial charge in [0.25, 0.3) is 0 Å². The van der Waals surface area contributed by atoms with Crippen LogP contribution in [-0.4, -0.2) is 29.7 Å². The van der Waals surface area contributed by atoms with Crippen LogP contribution in [0.2, 0.25) is 0 Å². The Bertz CT molecular complexity index is 490. The van der Waals surface area contributed by atoms with Gasteiger partial charge in [-0.05, 0) is 23.8 Å². The van der Waals surface area contributed by atoms with Crippen LogP contribution in [-0.2, 0) is 11.2 Å². The van der Waals surface area contributed by atoms with Gasteiger partial charge >= 0.3 is 0 Å². The highest BCUT2D eigenvalue weighted by molar-refractivity contribution is 5.99. The minimum Gasteiger partial charge on any atom is -0.335 e. The number of amides is 1. The Kier molecular flexibility index (Phi) is 4.58. The van der Waals surface area contributed by atoms with Gasteiger partial charge < -0.3 is 4.90 Å². The van der Waals surface area contributed by atoms with Crippen LogP contribution in [0, 0.1) is 11.8 Å². The molecule has 3 heteroatoms. The molecular formula is C17H23NO2. The first-order valence-electron chi connectivity index (χ1n) is 7.41. The molecule has 1 atom stereocenters. The summed E-state index contributed by atoms with van der Waals surface area (Å²) in [7, 11) is 0. The molecule has 1 aliphatic heterocycles. The molecule has 3 nitrogen and oxygen atoms in total. The molecule has 0 saturated carbocycles. The molecule has 1 amide bonds. The van der Waals surface area contributed by atoms with E-state index in [0.717, 1.165) is 13.0 Å². The zero-order valence-electron chi connectivity index (χ0n) is 12.6. The molecule has 0 radical (unpaired) electrons. The van der Waals surface area contributed by atoms with Crippen LogP contribution in [0.25, 0.3) is 0 Å². The molecule has 108 valence electrons. The van der Waals surface area contributed by atoms with Crippen molar-refractivity contribution in [2.24, 2.45) is 11.8 Å². The fraction of sp³-hybridized carbons (Fsp3) is 0.529. The summed E-state index contributed by atoms with van der Waals surface area (Å²) in [4.78, 5) is 25.9. The van der Waals surface area contributed by atoms with E-state index in [9.17, 15) is 9.59 Å². The first kappa shape index (κ1) is 14.8. The van der Waals surface area contributed by atoms with Crippen molar-refractivity contribution in [1.29, 1.82) is 0 Å². The van der Waals surface area contributed by atoms with Crippen LogP contribution in [0.4, 0.5) is 0 Å². The minimum atomic E-state index is 0.0328. The fourth-order valence-electron chi connectivity index (χ4n) is 2.59. The van der Waals surface area contributed by atoms with Crippen LogP contribution >= 0.6 is 0 Å². The Hall–Kier alpha value is -1.64. The van der Waals surface area contributed by atoms with E-state index in [1.807, 2.05) is 24.3 Å². The summed E-state index contributed by atoms with van der Waals surface area (Å²) in [5.74, 6) is 1.02. The molecule has 2 rings (SSSR count). The van der Waals surface area contributed by atoms with Crippen LogP contribution in [0.1, 0.15) is 43.1 Å². The van der Waals surface area contributed by atoms with E-state index in [4.69, 9.17) is 0 Å². The largest absolute Gasteiger partial charge is 0.335 e. The lowest BCUT2D eigenvalue weighted by Gasteiger charge is -2.17. The topological polar surface area (TPSA) is 37.4 Å². The van der Waals surface area contributed by atoms with Crippen molar-refractivity contribution < 1.29 is 9.59 Å². The summed E-state index contributed by atoms with van der Waals surface area (Å²) in [6.07, 6.45) is 1.55. The summed E-state index contributed by atoms with van der Waals surface area (Å²) < 4.78 is 0. The van der Waals surface area contributed by atoms with Gasteiger partial charge in [-0.25, -0.2) is 0 Å². The molecule has 1 fully saturated rings. The van der Waals surface area contributed by atoms with Gasteiger partial charge in [-0.2, -0.15) is 0 Å². The van der Waals surface area contributed by atoms with E-state index in [1.165, 1.54) is 5.56 Å². The molecular weight excluding hydrogens is 250 g/mol. The lowest BCUT2D eigenvalue weighted by molar-refractivity contribution is -0.127. The zero-order valence-corrected chi connectivity index (χ0v) is 12.6. The highest BCUT2D eigenvalue weighted by atomic mass is 16.2. The van der Waals surface area contributed by atoms with Crippen molar-refractivity contribution in [3.8, 4) is 0 Å². The first-order chi connectivity index (χ1) is 9.51. The van der Waals surface area contributed by atoms with Crippen LogP contribution in [0.5, 0.6) is 0 Å². The van der Waals surface area contributed by atoms with Crippen molar-refractivity contribution in [2.45, 2.75) is 33.6 Å². The molecule has 1 aliphatic rings. The Labute approximate surface area is 121 Å². The van der Waals surface area contributed by atoms with Crippen molar-refractivity contribution in [2.75, 3.05) is 13.1 Å². The van der Waals surface area contributed by atoms with E-state index in [1.54, 1.807) is 4.90 Å². The van der Waals surface area contributed by atoms with E-state index >= 15 is 0 Å². The molecule has 0 aromatic heterocycles. The molecule has 1 aromatic carbocycles. The number of hydrogen-bond donors (Lipinski definition) is 0. The molecule has 1 aromatic rings. The Morgan fingerprint density at radius 1 is 1.30 bits per heavy atom. The van der Waals surface area contributed by atoms with Gasteiger partial charge in [-0.3, -0.25) is 9.59 Å². The SMILES string of the molecule is CCc1ccc(C(=O)CN2CC(C(C)C)CC2=O)cc1. The standard InChI is InChI=1S/C17H23NO2/c1-4-13-5-7-14(8-6-13)16(19)11-18-10-15(12(2)3)9-17(18)20/h5-8,12,15H,4,9-11H2,1-3H3. The third-order valence-electron chi connectivity index (χ3n) is 4.21. The van der Waals surface area contributed by atoms with Gasteiger partial charge in [0.05, 0.1) is 6.54 Å². The maximum Gasteiger partial charge on any atom is 0.223 e. The van der Waals surface area contributed by atoms with Crippen molar-refractivity contribution in [3.63, 3.8) is 0 Å². The number of Topliss-reactive ketones (excluding diaryl/α,β-unsaturated/α-hetero) is 1. The maximum absolute atomic E-state index is 12.2. The minimum absolute atomic E-state index is 0.0328. The normalized spacial score (nSPS) is 18.9. The monoisotopic (exact) mass is 273 g/mol. The second-order valence-electron chi connectivity index (χ2n) is 5.96. The van der Waals surface area contributed by atoms with E-state index in [2.05, 4.69) is 20.8 Å². The van der Waals surface area contributed by atoms with Gasteiger partial charge in [-0.1, -0.05) is 45.0 Å². The number of rotatable bonds is 5. The third-order valence-corrected chi connectivity index (χ3v) is 4.21. The van der Waals surface area contributed by atoms with Gasteiger partial charge in [0.2, 0.25) is 5.91 Å². The quantitative estimate of drug-likeness (QED) is 0.774. The number of hydrogen-bond acceptors (Lipinski definition) is 2. The highest BCUT2D eigenvalue weighted by Crippen LogP contribution is 2.24. The molecule has 0 aliphatic carbocycles. The molecule has 0 bridgehead atoms. The molecule has 0 N–H and O–H groups in total. The number of aryl methyl sites for hydroxylation is 1. The maximum atomic E-state index is 12.2. The van der Waals surface area contributed by atoms with E-state index < -0.39 is 0 Å². The number of nitrogens with zero attached hydrogens (tertiary/aromatic N) is 1. The molecule has 1 heterocycles. The summed E-state index contributed by atoms with van der Waals surface area (Å²) in [5.41, 5.74) is 1.92. The van der Waals surface area contributed by atoms with Crippen LogP contribution in [0.15, 0.2) is 24.3 Å². The summed E-state index contributed by atoms with van der Waals surface area (Å²) >= 11 is 0. The fourth-order valence-corrected chi connectivity index (χ4v) is 2.59. The second kappa shape index (κ2) is 6.21. The van der Waals surface area contributed by atoms with Crippen LogP contribution in [0.3, 0.4) is 0 Å². The second-order valence-corrected chi connectivity index (χ2v) is 5.96. The average Bonchev–Trinajstić information content (AvgIpc) is 2.80. The smallest absolute Gasteiger partial charge is 0.223 e. The lowest BCUT2D eigenvalue weighted by atomic mass is 9.95. The number of carbonyl (C=O) groups is 2. The number of likely N-dealkylation sites (tertiary alicyclic amines) is 1. The highest BCUT2D eigenvalue weighted by Gasteiger charge is 2.32. The predicted molar refractivity (Wildman–Crippen MR) is 79.7 cm³/mol. The molecule has 0 spiro atoms. The number of carbonyl (C=O) groups excluding carboxylic acids is 2. The van der Waals surface area contributed by atoms with Gasteiger partial charge in [0.1, 0.15) is 0 Å². The van der Waals surface area contributed by atoms with Crippen molar-refractivity contribution >= 4 is 11.7 Å². The Morgan fingerprint density at radius 2 is 1.95 bits per heavy atom.